The van der Waals surface area contributed by atoms with Crippen molar-refractivity contribution in [1.82, 2.24) is 4.31 Å². The molecule has 0 radical (unpaired) electrons. The molecule has 0 saturated carbocycles. The molecule has 0 bridgehead atoms. The van der Waals surface area contributed by atoms with Crippen molar-refractivity contribution in [3.05, 3.63) is 14.9 Å². The fraction of sp³-hybridized carbons (Fsp3) is 0.636. The van der Waals surface area contributed by atoms with Gasteiger partial charge in [-0.25, -0.2) is 8.42 Å². The standard InChI is InChI=1S/C11H15BrClNO3S2/c1-2-14(6-8-3-4-17-7-8)19(15,16)10-5-9(13)11(12)18-10/h5,8H,2-4,6-7H2,1H3. The van der Waals surface area contributed by atoms with Crippen LogP contribution in [-0.4, -0.2) is 39.0 Å². The zero-order valence-corrected chi connectivity index (χ0v) is 14.4. The molecule has 0 amide bonds. The smallest absolute Gasteiger partial charge is 0.252 e. The average Bonchev–Trinajstić information content (AvgIpc) is 2.97. The molecule has 1 aromatic rings. The van der Waals surface area contributed by atoms with Gasteiger partial charge in [0, 0.05) is 19.7 Å². The number of halogens is 2. The van der Waals surface area contributed by atoms with Gasteiger partial charge in [-0.15, -0.1) is 11.3 Å². The summed E-state index contributed by atoms with van der Waals surface area (Å²) in [7, 11) is -3.46. The lowest BCUT2D eigenvalue weighted by molar-refractivity contribution is 0.181. The number of hydrogen-bond acceptors (Lipinski definition) is 4. The van der Waals surface area contributed by atoms with Crippen molar-refractivity contribution >= 4 is 48.9 Å². The summed E-state index contributed by atoms with van der Waals surface area (Å²) in [5.74, 6) is 0.286. The van der Waals surface area contributed by atoms with E-state index < -0.39 is 10.0 Å². The minimum atomic E-state index is -3.46. The molecular weight excluding hydrogens is 374 g/mol. The first kappa shape index (κ1) is 15.7. The molecule has 1 aromatic heterocycles. The summed E-state index contributed by atoms with van der Waals surface area (Å²) in [5, 5.41) is 0.434. The molecule has 108 valence electrons. The quantitative estimate of drug-likeness (QED) is 0.778. The van der Waals surface area contributed by atoms with Gasteiger partial charge in [0.25, 0.3) is 10.0 Å². The van der Waals surface area contributed by atoms with E-state index in [1.54, 1.807) is 0 Å². The Bertz CT molecular complexity index is 521. The van der Waals surface area contributed by atoms with Gasteiger partial charge in [-0.05, 0) is 34.3 Å². The first-order valence-electron chi connectivity index (χ1n) is 5.98. The second-order valence-corrected chi connectivity index (χ2v) is 9.31. The monoisotopic (exact) mass is 387 g/mol. The summed E-state index contributed by atoms with van der Waals surface area (Å²) in [5.41, 5.74) is 0. The van der Waals surface area contributed by atoms with Crippen LogP contribution < -0.4 is 0 Å². The van der Waals surface area contributed by atoms with Gasteiger partial charge in [0.15, 0.2) is 0 Å². The third kappa shape index (κ3) is 3.51. The van der Waals surface area contributed by atoms with Gasteiger partial charge in [-0.3, -0.25) is 0 Å². The Hall–Kier alpha value is 0.340. The van der Waals surface area contributed by atoms with E-state index in [4.69, 9.17) is 16.3 Å². The molecule has 1 aliphatic rings. The third-order valence-electron chi connectivity index (χ3n) is 3.06. The fourth-order valence-electron chi connectivity index (χ4n) is 1.99. The Balaban J connectivity index is 2.20. The Kier molecular flexibility index (Phi) is 5.30. The van der Waals surface area contributed by atoms with Crippen molar-refractivity contribution in [1.29, 1.82) is 0 Å². The molecule has 1 aliphatic heterocycles. The van der Waals surface area contributed by atoms with E-state index in [1.165, 1.54) is 10.4 Å². The molecule has 1 saturated heterocycles. The topological polar surface area (TPSA) is 46.6 Å². The van der Waals surface area contributed by atoms with Crippen molar-refractivity contribution in [3.63, 3.8) is 0 Å². The van der Waals surface area contributed by atoms with Crippen LogP contribution in [0.3, 0.4) is 0 Å². The van der Waals surface area contributed by atoms with Crippen molar-refractivity contribution in [2.24, 2.45) is 5.92 Å². The van der Waals surface area contributed by atoms with Gasteiger partial charge in [0.05, 0.1) is 15.4 Å². The summed E-state index contributed by atoms with van der Waals surface area (Å²) < 4.78 is 32.8. The molecule has 1 unspecified atom stereocenters. The van der Waals surface area contributed by atoms with Gasteiger partial charge in [0.2, 0.25) is 0 Å². The molecule has 19 heavy (non-hydrogen) atoms. The number of ether oxygens (including phenoxy) is 1. The van der Waals surface area contributed by atoms with Crippen LogP contribution in [-0.2, 0) is 14.8 Å². The molecule has 8 heteroatoms. The van der Waals surface area contributed by atoms with Crippen molar-refractivity contribution in [2.75, 3.05) is 26.3 Å². The number of thiophene rings is 1. The average molecular weight is 389 g/mol. The number of nitrogens with zero attached hydrogens (tertiary/aromatic N) is 1. The van der Waals surface area contributed by atoms with Gasteiger partial charge in [-0.1, -0.05) is 18.5 Å². The molecular formula is C11H15BrClNO3S2. The summed E-state index contributed by atoms with van der Waals surface area (Å²) in [4.78, 5) is 0. The zero-order valence-electron chi connectivity index (χ0n) is 10.4. The summed E-state index contributed by atoms with van der Waals surface area (Å²) in [6, 6.07) is 1.50. The lowest BCUT2D eigenvalue weighted by Gasteiger charge is -2.22. The minimum absolute atomic E-state index is 0.283. The van der Waals surface area contributed by atoms with Crippen LogP contribution in [0.5, 0.6) is 0 Å². The van der Waals surface area contributed by atoms with Crippen LogP contribution >= 0.6 is 38.9 Å². The SMILES string of the molecule is CCN(CC1CCOC1)S(=O)(=O)c1cc(Cl)c(Br)s1. The summed E-state index contributed by atoms with van der Waals surface area (Å²) in [6.45, 7) is 4.16. The number of sulfonamides is 1. The lowest BCUT2D eigenvalue weighted by atomic mass is 10.1. The second kappa shape index (κ2) is 6.41. The first-order chi connectivity index (χ1) is 8.95. The molecule has 4 nitrogen and oxygen atoms in total. The normalized spacial score (nSPS) is 20.3. The van der Waals surface area contributed by atoms with E-state index in [-0.39, 0.29) is 10.1 Å². The van der Waals surface area contributed by atoms with E-state index in [0.29, 0.717) is 28.5 Å². The van der Waals surface area contributed by atoms with Crippen molar-refractivity contribution < 1.29 is 13.2 Å². The maximum atomic E-state index is 12.5. The Labute approximate surface area is 130 Å². The number of hydrogen-bond donors (Lipinski definition) is 0. The molecule has 0 spiro atoms. The van der Waals surface area contributed by atoms with Gasteiger partial charge in [-0.2, -0.15) is 4.31 Å². The highest BCUT2D eigenvalue weighted by molar-refractivity contribution is 9.11. The highest BCUT2D eigenvalue weighted by Gasteiger charge is 2.29. The van der Waals surface area contributed by atoms with Crippen LogP contribution in [0, 0.1) is 5.92 Å². The third-order valence-corrected chi connectivity index (χ3v) is 7.92. The van der Waals surface area contributed by atoms with Gasteiger partial charge in [0.1, 0.15) is 4.21 Å². The first-order valence-corrected chi connectivity index (χ1v) is 9.40. The van der Waals surface area contributed by atoms with Crippen molar-refractivity contribution in [3.8, 4) is 0 Å². The van der Waals surface area contributed by atoms with Crippen LogP contribution in [0.15, 0.2) is 14.1 Å². The van der Waals surface area contributed by atoms with Gasteiger partial charge < -0.3 is 4.74 Å². The molecule has 2 heterocycles. The maximum Gasteiger partial charge on any atom is 0.252 e. The molecule has 2 rings (SSSR count). The lowest BCUT2D eigenvalue weighted by Crippen LogP contribution is -2.35. The Morgan fingerprint density at radius 3 is 2.84 bits per heavy atom. The maximum absolute atomic E-state index is 12.5. The van der Waals surface area contributed by atoms with Crippen molar-refractivity contribution in [2.45, 2.75) is 17.6 Å². The molecule has 0 aromatic carbocycles. The Morgan fingerprint density at radius 2 is 2.37 bits per heavy atom. The van der Waals surface area contributed by atoms with E-state index in [1.807, 2.05) is 6.92 Å². The van der Waals surface area contributed by atoms with E-state index >= 15 is 0 Å². The van der Waals surface area contributed by atoms with Crippen LogP contribution in [0.2, 0.25) is 5.02 Å². The fourth-order valence-corrected chi connectivity index (χ4v) is 6.07. The number of rotatable bonds is 5. The highest BCUT2D eigenvalue weighted by Crippen LogP contribution is 2.36. The van der Waals surface area contributed by atoms with Crippen LogP contribution in [0.4, 0.5) is 0 Å². The largest absolute Gasteiger partial charge is 0.381 e. The minimum Gasteiger partial charge on any atom is -0.381 e. The highest BCUT2D eigenvalue weighted by atomic mass is 79.9. The molecule has 0 N–H and O–H groups in total. The summed E-state index contributed by atoms with van der Waals surface area (Å²) in [6.07, 6.45) is 0.918. The summed E-state index contributed by atoms with van der Waals surface area (Å²) >= 11 is 10.3. The predicted octanol–water partition coefficient (Wildman–Crippen LogP) is 3.21. The predicted molar refractivity (Wildman–Crippen MR) is 80.4 cm³/mol. The second-order valence-electron chi connectivity index (χ2n) is 4.37. The van der Waals surface area contributed by atoms with E-state index in [0.717, 1.165) is 24.4 Å². The molecule has 0 aliphatic carbocycles. The zero-order chi connectivity index (χ0) is 14.0. The molecule has 1 atom stereocenters. The van der Waals surface area contributed by atoms with Gasteiger partial charge >= 0.3 is 0 Å². The van der Waals surface area contributed by atoms with Crippen LogP contribution in [0.1, 0.15) is 13.3 Å². The van der Waals surface area contributed by atoms with Crippen LogP contribution in [0.25, 0.3) is 0 Å². The van der Waals surface area contributed by atoms with E-state index in [2.05, 4.69) is 15.9 Å². The molecule has 1 fully saturated rings. The Morgan fingerprint density at radius 1 is 1.63 bits per heavy atom. The van der Waals surface area contributed by atoms with E-state index in [9.17, 15) is 8.42 Å².